The van der Waals surface area contributed by atoms with Crippen molar-refractivity contribution >= 4 is 5.69 Å². The van der Waals surface area contributed by atoms with Crippen molar-refractivity contribution in [2.75, 3.05) is 5.32 Å². The molecule has 0 atom stereocenters. The van der Waals surface area contributed by atoms with Gasteiger partial charge < -0.3 is 9.73 Å². The number of anilines is 1. The molecule has 0 aliphatic rings. The standard InChI is InChI=1S/C15H16N4O/c1-11-3-5-14(20-11)10-17-13-4-6-15(18-9-13)19-8-7-16-12(19)2/h3-9,17H,10H2,1-2H3. The third kappa shape index (κ3) is 2.56. The van der Waals surface area contributed by atoms with Crippen molar-refractivity contribution in [2.24, 2.45) is 0 Å². The third-order valence-corrected chi connectivity index (χ3v) is 3.08. The molecule has 0 bridgehead atoms. The minimum atomic E-state index is 0.652. The van der Waals surface area contributed by atoms with Gasteiger partial charge in [0.1, 0.15) is 23.2 Å². The average molecular weight is 268 g/mol. The highest BCUT2D eigenvalue weighted by Gasteiger charge is 2.02. The van der Waals surface area contributed by atoms with Crippen molar-refractivity contribution in [1.29, 1.82) is 0 Å². The summed E-state index contributed by atoms with van der Waals surface area (Å²) in [6, 6.07) is 7.89. The summed E-state index contributed by atoms with van der Waals surface area (Å²) >= 11 is 0. The third-order valence-electron chi connectivity index (χ3n) is 3.08. The van der Waals surface area contributed by atoms with E-state index >= 15 is 0 Å². The van der Waals surface area contributed by atoms with Gasteiger partial charge in [-0.2, -0.15) is 0 Å². The van der Waals surface area contributed by atoms with Gasteiger partial charge in [0.2, 0.25) is 0 Å². The normalized spacial score (nSPS) is 10.7. The lowest BCUT2D eigenvalue weighted by Crippen LogP contribution is -2.01. The Bertz CT molecular complexity index is 697. The summed E-state index contributed by atoms with van der Waals surface area (Å²) in [6.07, 6.45) is 5.48. The molecule has 20 heavy (non-hydrogen) atoms. The summed E-state index contributed by atoms with van der Waals surface area (Å²) in [6.45, 7) is 4.54. The van der Waals surface area contributed by atoms with Crippen LogP contribution in [0.1, 0.15) is 17.3 Å². The van der Waals surface area contributed by atoms with Gasteiger partial charge in [-0.3, -0.25) is 4.57 Å². The molecule has 0 amide bonds. The number of nitrogens with zero attached hydrogens (tertiary/aromatic N) is 3. The smallest absolute Gasteiger partial charge is 0.138 e. The Labute approximate surface area is 117 Å². The molecule has 0 saturated heterocycles. The van der Waals surface area contributed by atoms with Crippen LogP contribution in [-0.4, -0.2) is 14.5 Å². The summed E-state index contributed by atoms with van der Waals surface area (Å²) in [5, 5.41) is 3.28. The Hall–Kier alpha value is -2.56. The maximum Gasteiger partial charge on any atom is 0.138 e. The number of hydrogen-bond acceptors (Lipinski definition) is 4. The molecule has 3 rings (SSSR count). The monoisotopic (exact) mass is 268 g/mol. The van der Waals surface area contributed by atoms with Gasteiger partial charge >= 0.3 is 0 Å². The molecule has 0 aliphatic heterocycles. The molecular weight excluding hydrogens is 252 g/mol. The highest BCUT2D eigenvalue weighted by molar-refractivity contribution is 5.44. The number of hydrogen-bond donors (Lipinski definition) is 1. The fourth-order valence-electron chi connectivity index (χ4n) is 2.02. The van der Waals surface area contributed by atoms with Crippen LogP contribution >= 0.6 is 0 Å². The topological polar surface area (TPSA) is 55.9 Å². The molecule has 0 spiro atoms. The second-order valence-corrected chi connectivity index (χ2v) is 4.62. The minimum Gasteiger partial charge on any atom is -0.465 e. The van der Waals surface area contributed by atoms with Gasteiger partial charge in [0.05, 0.1) is 18.4 Å². The lowest BCUT2D eigenvalue weighted by Gasteiger charge is -2.07. The molecule has 102 valence electrons. The molecule has 5 heteroatoms. The van der Waals surface area contributed by atoms with E-state index in [0.717, 1.165) is 28.9 Å². The lowest BCUT2D eigenvalue weighted by molar-refractivity contribution is 0.490. The molecule has 0 radical (unpaired) electrons. The van der Waals surface area contributed by atoms with Gasteiger partial charge in [-0.25, -0.2) is 9.97 Å². The van der Waals surface area contributed by atoms with Gasteiger partial charge in [-0.1, -0.05) is 0 Å². The molecule has 3 aromatic heterocycles. The zero-order chi connectivity index (χ0) is 13.9. The Morgan fingerprint density at radius 2 is 2.05 bits per heavy atom. The van der Waals surface area contributed by atoms with E-state index in [9.17, 15) is 0 Å². The molecule has 3 aromatic rings. The first-order chi connectivity index (χ1) is 9.72. The Morgan fingerprint density at radius 3 is 2.65 bits per heavy atom. The van der Waals surface area contributed by atoms with Crippen molar-refractivity contribution in [3.8, 4) is 5.82 Å². The number of imidazole rings is 1. The van der Waals surface area contributed by atoms with Crippen molar-refractivity contribution in [3.63, 3.8) is 0 Å². The lowest BCUT2D eigenvalue weighted by atomic mass is 10.3. The average Bonchev–Trinajstić information content (AvgIpc) is 3.06. The van der Waals surface area contributed by atoms with E-state index in [1.165, 1.54) is 0 Å². The maximum atomic E-state index is 5.51. The van der Waals surface area contributed by atoms with Crippen LogP contribution in [0, 0.1) is 13.8 Å². The van der Waals surface area contributed by atoms with E-state index in [2.05, 4.69) is 15.3 Å². The first-order valence-electron chi connectivity index (χ1n) is 6.48. The Balaban J connectivity index is 1.69. The van der Waals surface area contributed by atoms with E-state index in [0.29, 0.717) is 6.54 Å². The SMILES string of the molecule is Cc1ccc(CNc2ccc(-n3ccnc3C)nc2)o1. The molecular formula is C15H16N4O. The predicted molar refractivity (Wildman–Crippen MR) is 76.9 cm³/mol. The summed E-state index contributed by atoms with van der Waals surface area (Å²) < 4.78 is 7.45. The van der Waals surface area contributed by atoms with Crippen LogP contribution in [-0.2, 0) is 6.54 Å². The van der Waals surface area contributed by atoms with Crippen LogP contribution in [0.3, 0.4) is 0 Å². The van der Waals surface area contributed by atoms with Crippen LogP contribution in [0.5, 0.6) is 0 Å². The summed E-state index contributed by atoms with van der Waals surface area (Å²) in [7, 11) is 0. The molecule has 0 fully saturated rings. The molecule has 3 heterocycles. The van der Waals surface area contributed by atoms with E-state index < -0.39 is 0 Å². The highest BCUT2D eigenvalue weighted by atomic mass is 16.3. The van der Waals surface area contributed by atoms with E-state index in [1.54, 1.807) is 6.20 Å². The molecule has 1 N–H and O–H groups in total. The minimum absolute atomic E-state index is 0.652. The first-order valence-corrected chi connectivity index (χ1v) is 6.48. The van der Waals surface area contributed by atoms with Gasteiger partial charge in [-0.15, -0.1) is 0 Å². The van der Waals surface area contributed by atoms with Crippen molar-refractivity contribution < 1.29 is 4.42 Å². The van der Waals surface area contributed by atoms with Crippen LogP contribution in [0.15, 0.2) is 47.3 Å². The van der Waals surface area contributed by atoms with Crippen molar-refractivity contribution in [2.45, 2.75) is 20.4 Å². The van der Waals surface area contributed by atoms with Crippen molar-refractivity contribution in [3.05, 3.63) is 60.2 Å². The number of furan rings is 1. The number of pyridine rings is 1. The number of aryl methyl sites for hydroxylation is 2. The fraction of sp³-hybridized carbons (Fsp3) is 0.200. The molecule has 0 aromatic carbocycles. The molecule has 0 unspecified atom stereocenters. The quantitative estimate of drug-likeness (QED) is 0.790. The predicted octanol–water partition coefficient (Wildman–Crippen LogP) is 3.09. The first kappa shape index (κ1) is 12.5. The van der Waals surface area contributed by atoms with Gasteiger partial charge in [0.15, 0.2) is 0 Å². The second kappa shape index (κ2) is 5.21. The second-order valence-electron chi connectivity index (χ2n) is 4.62. The van der Waals surface area contributed by atoms with Crippen LogP contribution in [0.4, 0.5) is 5.69 Å². The number of nitrogens with one attached hydrogen (secondary N) is 1. The number of rotatable bonds is 4. The van der Waals surface area contributed by atoms with Gasteiger partial charge in [0, 0.05) is 12.4 Å². The zero-order valence-corrected chi connectivity index (χ0v) is 11.5. The maximum absolute atomic E-state index is 5.51. The van der Waals surface area contributed by atoms with E-state index in [-0.39, 0.29) is 0 Å². The van der Waals surface area contributed by atoms with Gasteiger partial charge in [-0.05, 0) is 38.1 Å². The van der Waals surface area contributed by atoms with Crippen molar-refractivity contribution in [1.82, 2.24) is 14.5 Å². The number of aromatic nitrogens is 3. The van der Waals surface area contributed by atoms with Crippen LogP contribution in [0.2, 0.25) is 0 Å². The van der Waals surface area contributed by atoms with E-state index in [1.807, 2.05) is 55.1 Å². The Kier molecular flexibility index (Phi) is 3.25. The molecule has 0 aliphatic carbocycles. The molecule has 0 saturated carbocycles. The summed E-state index contributed by atoms with van der Waals surface area (Å²) in [5.41, 5.74) is 0.959. The van der Waals surface area contributed by atoms with Crippen LogP contribution in [0.25, 0.3) is 5.82 Å². The fourth-order valence-corrected chi connectivity index (χ4v) is 2.02. The largest absolute Gasteiger partial charge is 0.465 e. The zero-order valence-electron chi connectivity index (χ0n) is 11.5. The van der Waals surface area contributed by atoms with Gasteiger partial charge in [0.25, 0.3) is 0 Å². The van der Waals surface area contributed by atoms with Crippen LogP contribution < -0.4 is 5.32 Å². The summed E-state index contributed by atoms with van der Waals surface area (Å²) in [5.74, 6) is 3.62. The molecule has 5 nitrogen and oxygen atoms in total. The summed E-state index contributed by atoms with van der Waals surface area (Å²) in [4.78, 5) is 8.62. The Morgan fingerprint density at radius 1 is 1.15 bits per heavy atom. The van der Waals surface area contributed by atoms with E-state index in [4.69, 9.17) is 4.42 Å². The highest BCUT2D eigenvalue weighted by Crippen LogP contribution is 2.13.